The number of benzene rings is 1. The molecule has 2 aromatic rings. The number of rotatable bonds is 4. The van der Waals surface area contributed by atoms with Gasteiger partial charge in [-0.15, -0.1) is 0 Å². The summed E-state index contributed by atoms with van der Waals surface area (Å²) in [6.45, 7) is 1.93. The second kappa shape index (κ2) is 4.49. The second-order valence-electron chi connectivity index (χ2n) is 4.23. The highest BCUT2D eigenvalue weighted by Gasteiger charge is 2.08. The van der Waals surface area contributed by atoms with E-state index in [2.05, 4.69) is 4.98 Å². The minimum Gasteiger partial charge on any atom is -0.507 e. The Bertz CT molecular complexity index is 557. The summed E-state index contributed by atoms with van der Waals surface area (Å²) in [5, 5.41) is 19.4. The molecule has 0 amide bonds. The first kappa shape index (κ1) is 11.5. The Hall–Kier alpha value is -1.97. The summed E-state index contributed by atoms with van der Waals surface area (Å²) in [7, 11) is 0. The number of aryl methyl sites for hydroxylation is 2. The fraction of sp³-hybridized carbons (Fsp3) is 0.308. The van der Waals surface area contributed by atoms with Crippen molar-refractivity contribution >= 4 is 16.9 Å². The highest BCUT2D eigenvalue weighted by molar-refractivity contribution is 5.87. The number of nitrogens with one attached hydrogen (secondary N) is 1. The van der Waals surface area contributed by atoms with Gasteiger partial charge in [0.25, 0.3) is 0 Å². The fourth-order valence-electron chi connectivity index (χ4n) is 2.01. The fourth-order valence-corrected chi connectivity index (χ4v) is 2.01. The molecule has 0 saturated carbocycles. The van der Waals surface area contributed by atoms with E-state index in [1.54, 1.807) is 0 Å². The van der Waals surface area contributed by atoms with E-state index in [0.717, 1.165) is 22.2 Å². The van der Waals surface area contributed by atoms with Crippen molar-refractivity contribution in [1.82, 2.24) is 4.98 Å². The second-order valence-corrected chi connectivity index (χ2v) is 4.23. The zero-order valence-electron chi connectivity index (χ0n) is 9.66. The van der Waals surface area contributed by atoms with Crippen LogP contribution in [0.5, 0.6) is 5.75 Å². The van der Waals surface area contributed by atoms with E-state index in [4.69, 9.17) is 5.11 Å². The van der Waals surface area contributed by atoms with Gasteiger partial charge in [-0.05, 0) is 37.5 Å². The highest BCUT2D eigenvalue weighted by Crippen LogP contribution is 2.30. The number of fused-ring (bicyclic) bond motifs is 1. The number of carboxylic acid groups (broad SMARTS) is 1. The van der Waals surface area contributed by atoms with Crippen molar-refractivity contribution in [3.63, 3.8) is 0 Å². The summed E-state index contributed by atoms with van der Waals surface area (Å²) in [6, 6.07) is 5.65. The van der Waals surface area contributed by atoms with E-state index in [1.165, 1.54) is 0 Å². The number of phenols is 1. The van der Waals surface area contributed by atoms with Gasteiger partial charge in [0.2, 0.25) is 0 Å². The lowest BCUT2D eigenvalue weighted by atomic mass is 10.0. The van der Waals surface area contributed by atoms with Gasteiger partial charge >= 0.3 is 5.97 Å². The summed E-state index contributed by atoms with van der Waals surface area (Å²) < 4.78 is 0. The molecule has 0 aliphatic heterocycles. The zero-order chi connectivity index (χ0) is 12.4. The quantitative estimate of drug-likeness (QED) is 0.759. The Morgan fingerprint density at radius 1 is 1.41 bits per heavy atom. The molecule has 0 fully saturated rings. The third-order valence-corrected chi connectivity index (χ3v) is 2.83. The molecule has 0 saturated heterocycles. The summed E-state index contributed by atoms with van der Waals surface area (Å²) in [6.07, 6.45) is 1.25. The number of phenolic OH excluding ortho intramolecular Hbond substituents is 1. The molecular formula is C13H15NO3. The molecule has 2 rings (SSSR count). The lowest BCUT2D eigenvalue weighted by molar-refractivity contribution is -0.137. The standard InChI is InChI=1S/C13H15NO3/c1-8-7-10-11(14-8)6-5-9(13(10)17)3-2-4-12(15)16/h5-7,14,17H,2-4H2,1H3,(H,15,16). The molecule has 0 atom stereocenters. The molecule has 17 heavy (non-hydrogen) atoms. The molecule has 1 heterocycles. The molecule has 90 valence electrons. The molecule has 0 aliphatic rings. The van der Waals surface area contributed by atoms with E-state index >= 15 is 0 Å². The molecule has 4 nitrogen and oxygen atoms in total. The maximum Gasteiger partial charge on any atom is 0.303 e. The number of aromatic hydroxyl groups is 1. The van der Waals surface area contributed by atoms with Crippen LogP contribution in [0.25, 0.3) is 10.9 Å². The van der Waals surface area contributed by atoms with Crippen molar-refractivity contribution in [3.8, 4) is 5.75 Å². The highest BCUT2D eigenvalue weighted by atomic mass is 16.4. The first-order valence-corrected chi connectivity index (χ1v) is 5.60. The molecule has 1 aromatic heterocycles. The summed E-state index contributed by atoms with van der Waals surface area (Å²) in [5.74, 6) is -0.541. The average molecular weight is 233 g/mol. The normalized spacial score (nSPS) is 10.9. The predicted octanol–water partition coefficient (Wildman–Crippen LogP) is 2.59. The average Bonchev–Trinajstić information content (AvgIpc) is 2.63. The maximum atomic E-state index is 10.4. The van der Waals surface area contributed by atoms with E-state index in [0.29, 0.717) is 12.8 Å². The van der Waals surface area contributed by atoms with Crippen molar-refractivity contribution in [2.24, 2.45) is 0 Å². The first-order chi connectivity index (χ1) is 8.08. The summed E-state index contributed by atoms with van der Waals surface area (Å²) >= 11 is 0. The van der Waals surface area contributed by atoms with Crippen molar-refractivity contribution in [2.45, 2.75) is 26.2 Å². The Morgan fingerprint density at radius 3 is 2.88 bits per heavy atom. The molecule has 0 radical (unpaired) electrons. The van der Waals surface area contributed by atoms with Gasteiger partial charge in [0, 0.05) is 23.0 Å². The van der Waals surface area contributed by atoms with Gasteiger partial charge < -0.3 is 15.2 Å². The van der Waals surface area contributed by atoms with Gasteiger partial charge in [0.15, 0.2) is 0 Å². The predicted molar refractivity (Wildman–Crippen MR) is 65.3 cm³/mol. The van der Waals surface area contributed by atoms with Crippen molar-refractivity contribution < 1.29 is 15.0 Å². The minimum absolute atomic E-state index is 0.129. The smallest absolute Gasteiger partial charge is 0.303 e. The third-order valence-electron chi connectivity index (χ3n) is 2.83. The number of aliphatic carboxylic acids is 1. The largest absolute Gasteiger partial charge is 0.507 e. The molecule has 0 bridgehead atoms. The minimum atomic E-state index is -0.803. The number of carboxylic acids is 1. The van der Waals surface area contributed by atoms with Crippen LogP contribution in [0.15, 0.2) is 18.2 Å². The SMILES string of the molecule is Cc1cc2c(O)c(CCCC(=O)O)ccc2[nH]1. The number of H-pyrrole nitrogens is 1. The Balaban J connectivity index is 2.23. The van der Waals surface area contributed by atoms with Crippen LogP contribution in [0, 0.1) is 6.92 Å². The lowest BCUT2D eigenvalue weighted by Crippen LogP contribution is -1.96. The molecule has 0 spiro atoms. The molecule has 1 aromatic carbocycles. The van der Waals surface area contributed by atoms with Crippen LogP contribution in [-0.2, 0) is 11.2 Å². The van der Waals surface area contributed by atoms with Crippen molar-refractivity contribution in [2.75, 3.05) is 0 Å². The van der Waals surface area contributed by atoms with Gasteiger partial charge in [0.1, 0.15) is 5.75 Å². The molecule has 0 aliphatic carbocycles. The van der Waals surface area contributed by atoms with Crippen LogP contribution in [0.3, 0.4) is 0 Å². The Morgan fingerprint density at radius 2 is 2.18 bits per heavy atom. The number of hydrogen-bond acceptors (Lipinski definition) is 2. The van der Waals surface area contributed by atoms with Crippen LogP contribution in [0.2, 0.25) is 0 Å². The molecular weight excluding hydrogens is 218 g/mol. The van der Waals surface area contributed by atoms with Crippen molar-refractivity contribution in [3.05, 3.63) is 29.5 Å². The Kier molecular flexibility index (Phi) is 3.04. The summed E-state index contributed by atoms with van der Waals surface area (Å²) in [5.41, 5.74) is 2.71. The van der Waals surface area contributed by atoms with E-state index < -0.39 is 5.97 Å². The van der Waals surface area contributed by atoms with Crippen LogP contribution in [0.4, 0.5) is 0 Å². The number of aromatic nitrogens is 1. The van der Waals surface area contributed by atoms with Crippen LogP contribution < -0.4 is 0 Å². The van der Waals surface area contributed by atoms with Gasteiger partial charge in [-0.1, -0.05) is 6.07 Å². The van der Waals surface area contributed by atoms with E-state index in [-0.39, 0.29) is 12.2 Å². The van der Waals surface area contributed by atoms with E-state index in [9.17, 15) is 9.90 Å². The zero-order valence-corrected chi connectivity index (χ0v) is 9.66. The van der Waals surface area contributed by atoms with Gasteiger partial charge in [-0.3, -0.25) is 4.79 Å². The monoisotopic (exact) mass is 233 g/mol. The van der Waals surface area contributed by atoms with Crippen LogP contribution >= 0.6 is 0 Å². The van der Waals surface area contributed by atoms with Gasteiger partial charge in [0.05, 0.1) is 0 Å². The topological polar surface area (TPSA) is 73.3 Å². The molecule has 4 heteroatoms. The van der Waals surface area contributed by atoms with E-state index in [1.807, 2.05) is 25.1 Å². The van der Waals surface area contributed by atoms with Crippen LogP contribution in [0.1, 0.15) is 24.1 Å². The van der Waals surface area contributed by atoms with Gasteiger partial charge in [-0.25, -0.2) is 0 Å². The van der Waals surface area contributed by atoms with Crippen molar-refractivity contribution in [1.29, 1.82) is 0 Å². The molecule has 3 N–H and O–H groups in total. The van der Waals surface area contributed by atoms with Crippen LogP contribution in [-0.4, -0.2) is 21.2 Å². The third kappa shape index (κ3) is 2.41. The number of hydrogen-bond donors (Lipinski definition) is 3. The maximum absolute atomic E-state index is 10.4. The first-order valence-electron chi connectivity index (χ1n) is 5.60. The number of aromatic amines is 1. The summed E-state index contributed by atoms with van der Waals surface area (Å²) in [4.78, 5) is 13.6. The lowest BCUT2D eigenvalue weighted by Gasteiger charge is -2.04. The number of carbonyl (C=O) groups is 1. The molecule has 0 unspecified atom stereocenters. The van der Waals surface area contributed by atoms with Gasteiger partial charge in [-0.2, -0.15) is 0 Å². The Labute approximate surface area is 98.9 Å².